The van der Waals surface area contributed by atoms with Crippen molar-refractivity contribution in [2.24, 2.45) is 0 Å². The minimum absolute atomic E-state index is 0.0646. The van der Waals surface area contributed by atoms with E-state index < -0.39 is 5.91 Å². The zero-order valence-electron chi connectivity index (χ0n) is 18.1. The molecule has 0 radical (unpaired) electrons. The number of benzene rings is 3. The number of amides is 1. The first kappa shape index (κ1) is 21.6. The molecule has 0 aliphatic heterocycles. The number of hydrogen-bond acceptors (Lipinski definition) is 4. The maximum absolute atomic E-state index is 13.0. The van der Waals surface area contributed by atoms with Crippen LogP contribution in [-0.2, 0) is 0 Å². The Morgan fingerprint density at radius 3 is 2.56 bits per heavy atom. The van der Waals surface area contributed by atoms with Gasteiger partial charge in [-0.05, 0) is 68.8 Å². The van der Waals surface area contributed by atoms with Crippen LogP contribution in [0, 0.1) is 13.8 Å². The molecule has 6 nitrogen and oxygen atoms in total. The second-order valence-corrected chi connectivity index (χ2v) is 7.82. The lowest BCUT2D eigenvalue weighted by Crippen LogP contribution is -2.14. The molecule has 1 heterocycles. The molecule has 0 atom stereocenters. The number of aryl methyl sites for hydroxylation is 2. The number of halogens is 1. The van der Waals surface area contributed by atoms with Crippen LogP contribution in [0.2, 0.25) is 5.02 Å². The summed E-state index contributed by atoms with van der Waals surface area (Å²) in [5.41, 5.74) is 4.30. The predicted molar refractivity (Wildman–Crippen MR) is 127 cm³/mol. The van der Waals surface area contributed by atoms with Gasteiger partial charge in [-0.2, -0.15) is 0 Å². The van der Waals surface area contributed by atoms with E-state index in [4.69, 9.17) is 16.3 Å². The second kappa shape index (κ2) is 9.24. The van der Waals surface area contributed by atoms with Gasteiger partial charge in [-0.25, -0.2) is 9.67 Å². The van der Waals surface area contributed by atoms with Gasteiger partial charge in [0.2, 0.25) is 5.82 Å². The fraction of sp³-hybridized carbons (Fsp3) is 0.160. The monoisotopic (exact) mass is 446 g/mol. The summed E-state index contributed by atoms with van der Waals surface area (Å²) in [6.07, 6.45) is 0. The van der Waals surface area contributed by atoms with Gasteiger partial charge in [0.15, 0.2) is 5.82 Å². The lowest BCUT2D eigenvalue weighted by Gasteiger charge is -2.10. The molecule has 0 aliphatic rings. The zero-order valence-corrected chi connectivity index (χ0v) is 18.8. The molecule has 162 valence electrons. The van der Waals surface area contributed by atoms with E-state index in [0.717, 1.165) is 28.1 Å². The lowest BCUT2D eigenvalue weighted by atomic mass is 10.1. The topological polar surface area (TPSA) is 69.0 Å². The van der Waals surface area contributed by atoms with E-state index in [1.54, 1.807) is 28.9 Å². The summed E-state index contributed by atoms with van der Waals surface area (Å²) in [6, 6.07) is 20.6. The minimum atomic E-state index is -0.401. The summed E-state index contributed by atoms with van der Waals surface area (Å²) in [4.78, 5) is 17.5. The Bertz CT molecular complexity index is 1270. The van der Waals surface area contributed by atoms with Crippen molar-refractivity contribution in [3.8, 4) is 22.8 Å². The van der Waals surface area contributed by atoms with Gasteiger partial charge in [-0.3, -0.25) is 4.79 Å². The third-order valence-corrected chi connectivity index (χ3v) is 5.14. The molecule has 7 heteroatoms. The number of nitrogens with one attached hydrogen (secondary N) is 1. The van der Waals surface area contributed by atoms with Crippen molar-refractivity contribution in [2.45, 2.75) is 20.8 Å². The van der Waals surface area contributed by atoms with Crippen LogP contribution in [0.15, 0.2) is 66.7 Å². The van der Waals surface area contributed by atoms with Crippen LogP contribution in [0.1, 0.15) is 28.7 Å². The number of nitrogens with zero attached hydrogens (tertiary/aromatic N) is 3. The highest BCUT2D eigenvalue weighted by molar-refractivity contribution is 6.30. The van der Waals surface area contributed by atoms with Crippen molar-refractivity contribution >= 4 is 23.2 Å². The first-order valence-electron chi connectivity index (χ1n) is 10.3. The molecule has 3 aromatic carbocycles. The van der Waals surface area contributed by atoms with Crippen LogP contribution < -0.4 is 10.1 Å². The van der Waals surface area contributed by atoms with Gasteiger partial charge in [0.1, 0.15) is 5.75 Å². The Balaban J connectivity index is 1.73. The Kier molecular flexibility index (Phi) is 6.23. The van der Waals surface area contributed by atoms with E-state index in [-0.39, 0.29) is 5.82 Å². The van der Waals surface area contributed by atoms with Crippen LogP contribution in [0.4, 0.5) is 5.69 Å². The highest BCUT2D eigenvalue weighted by atomic mass is 35.5. The van der Waals surface area contributed by atoms with E-state index in [9.17, 15) is 4.79 Å². The quantitative estimate of drug-likeness (QED) is 0.403. The Hall–Kier alpha value is -3.64. The summed E-state index contributed by atoms with van der Waals surface area (Å²) in [5, 5.41) is 7.97. The molecule has 0 saturated carbocycles. The molecule has 0 bridgehead atoms. The third-order valence-electron chi connectivity index (χ3n) is 4.91. The highest BCUT2D eigenvalue weighted by Gasteiger charge is 2.20. The molecule has 1 amide bonds. The summed E-state index contributed by atoms with van der Waals surface area (Å²) in [7, 11) is 0. The molecule has 4 aromatic rings. The largest absolute Gasteiger partial charge is 0.494 e. The minimum Gasteiger partial charge on any atom is -0.494 e. The van der Waals surface area contributed by atoms with Crippen LogP contribution >= 0.6 is 11.6 Å². The number of carbonyl (C=O) groups is 1. The van der Waals surface area contributed by atoms with Crippen LogP contribution in [0.3, 0.4) is 0 Å². The van der Waals surface area contributed by atoms with Crippen molar-refractivity contribution in [1.29, 1.82) is 0 Å². The fourth-order valence-electron chi connectivity index (χ4n) is 3.35. The molecule has 1 N–H and O–H groups in total. The molecule has 4 rings (SSSR count). The maximum atomic E-state index is 13.0. The Labute approximate surface area is 191 Å². The summed E-state index contributed by atoms with van der Waals surface area (Å²) < 4.78 is 7.12. The standard InChI is InChI=1S/C25H23ClN4O2/c1-4-32-21-12-10-20(11-13-21)27-25(31)23-28-24(18-7-5-6-16(2)14-18)30(29-23)22-15-19(26)9-8-17(22)3/h5-15H,4H2,1-3H3,(H,27,31). The highest BCUT2D eigenvalue weighted by Crippen LogP contribution is 2.26. The van der Waals surface area contributed by atoms with E-state index >= 15 is 0 Å². The van der Waals surface area contributed by atoms with Crippen molar-refractivity contribution in [1.82, 2.24) is 14.8 Å². The number of rotatable bonds is 6. The van der Waals surface area contributed by atoms with Gasteiger partial charge in [-0.1, -0.05) is 41.4 Å². The molecule has 0 unspecified atom stereocenters. The number of carbonyl (C=O) groups excluding carboxylic acids is 1. The van der Waals surface area contributed by atoms with Crippen LogP contribution in [0.25, 0.3) is 17.1 Å². The van der Waals surface area contributed by atoms with E-state index in [1.807, 2.05) is 63.2 Å². The average molecular weight is 447 g/mol. The average Bonchev–Trinajstić information content (AvgIpc) is 3.22. The zero-order chi connectivity index (χ0) is 22.7. The van der Waals surface area contributed by atoms with Gasteiger partial charge in [0, 0.05) is 16.3 Å². The molecule has 1 aromatic heterocycles. The number of ether oxygens (including phenoxy) is 1. The van der Waals surface area contributed by atoms with Crippen molar-refractivity contribution in [3.63, 3.8) is 0 Å². The summed E-state index contributed by atoms with van der Waals surface area (Å²) >= 11 is 6.25. The van der Waals surface area contributed by atoms with E-state index in [1.165, 1.54) is 0 Å². The molecule has 0 fully saturated rings. The van der Waals surface area contributed by atoms with Gasteiger partial charge >= 0.3 is 0 Å². The second-order valence-electron chi connectivity index (χ2n) is 7.38. The molecule has 0 aliphatic carbocycles. The van der Waals surface area contributed by atoms with Gasteiger partial charge < -0.3 is 10.1 Å². The Morgan fingerprint density at radius 2 is 1.84 bits per heavy atom. The Morgan fingerprint density at radius 1 is 1.06 bits per heavy atom. The predicted octanol–water partition coefficient (Wildman–Crippen LogP) is 5.86. The fourth-order valence-corrected chi connectivity index (χ4v) is 3.51. The van der Waals surface area contributed by atoms with Gasteiger partial charge in [-0.15, -0.1) is 5.10 Å². The maximum Gasteiger partial charge on any atom is 0.295 e. The molecular formula is C25H23ClN4O2. The number of aromatic nitrogens is 3. The SMILES string of the molecule is CCOc1ccc(NC(=O)c2nc(-c3cccc(C)c3)n(-c3cc(Cl)ccc3C)n2)cc1. The molecule has 0 spiro atoms. The van der Waals surface area contributed by atoms with Gasteiger partial charge in [0.05, 0.1) is 12.3 Å². The van der Waals surface area contributed by atoms with E-state index in [0.29, 0.717) is 23.1 Å². The molecular weight excluding hydrogens is 424 g/mol. The van der Waals surface area contributed by atoms with Crippen LogP contribution in [-0.4, -0.2) is 27.3 Å². The lowest BCUT2D eigenvalue weighted by molar-refractivity contribution is 0.101. The third kappa shape index (κ3) is 4.65. The van der Waals surface area contributed by atoms with Crippen molar-refractivity contribution in [2.75, 3.05) is 11.9 Å². The van der Waals surface area contributed by atoms with Crippen molar-refractivity contribution < 1.29 is 9.53 Å². The first-order valence-corrected chi connectivity index (χ1v) is 10.7. The van der Waals surface area contributed by atoms with Gasteiger partial charge in [0.25, 0.3) is 5.91 Å². The smallest absolute Gasteiger partial charge is 0.295 e. The summed E-state index contributed by atoms with van der Waals surface area (Å²) in [6.45, 7) is 6.48. The number of anilines is 1. The van der Waals surface area contributed by atoms with Crippen molar-refractivity contribution in [3.05, 3.63) is 88.7 Å². The summed E-state index contributed by atoms with van der Waals surface area (Å²) in [5.74, 6) is 0.971. The number of hydrogen-bond donors (Lipinski definition) is 1. The molecule has 32 heavy (non-hydrogen) atoms. The van der Waals surface area contributed by atoms with Crippen LogP contribution in [0.5, 0.6) is 5.75 Å². The normalized spacial score (nSPS) is 10.8. The van der Waals surface area contributed by atoms with E-state index in [2.05, 4.69) is 15.4 Å². The molecule has 0 saturated heterocycles. The first-order chi connectivity index (χ1) is 15.4.